The second kappa shape index (κ2) is 5.32. The first-order chi connectivity index (χ1) is 6.66. The van der Waals surface area contributed by atoms with Gasteiger partial charge in [-0.1, -0.05) is 13.3 Å². The monoisotopic (exact) mass is 200 g/mol. The Hall–Kier alpha value is -0.610. The van der Waals surface area contributed by atoms with Crippen LogP contribution in [0, 0.1) is 0 Å². The maximum atomic E-state index is 11.8. The molecule has 0 spiro atoms. The molecule has 0 bridgehead atoms. The van der Waals surface area contributed by atoms with E-state index in [2.05, 4.69) is 0 Å². The number of ether oxygens (including phenoxy) is 1. The van der Waals surface area contributed by atoms with Gasteiger partial charge in [-0.3, -0.25) is 4.79 Å². The molecule has 0 aromatic heterocycles. The van der Waals surface area contributed by atoms with Crippen molar-refractivity contribution in [1.29, 1.82) is 0 Å². The number of rotatable bonds is 4. The lowest BCUT2D eigenvalue weighted by Crippen LogP contribution is -2.46. The van der Waals surface area contributed by atoms with E-state index in [-0.39, 0.29) is 18.0 Å². The molecule has 1 saturated heterocycles. The predicted octanol–water partition coefficient (Wildman–Crippen LogP) is 0.361. The summed E-state index contributed by atoms with van der Waals surface area (Å²) in [6.07, 6.45) is 2.64. The van der Waals surface area contributed by atoms with Crippen LogP contribution in [0.15, 0.2) is 0 Å². The number of likely N-dealkylation sites (N-methyl/N-ethyl adjacent to an activating group) is 1. The van der Waals surface area contributed by atoms with Gasteiger partial charge in [0.2, 0.25) is 5.91 Å². The molecule has 1 amide bonds. The fourth-order valence-electron chi connectivity index (χ4n) is 1.70. The third-order valence-electron chi connectivity index (χ3n) is 2.72. The molecule has 2 atom stereocenters. The molecule has 82 valence electrons. The fourth-order valence-corrected chi connectivity index (χ4v) is 1.70. The van der Waals surface area contributed by atoms with Crippen molar-refractivity contribution in [3.63, 3.8) is 0 Å². The minimum absolute atomic E-state index is 0.0438. The van der Waals surface area contributed by atoms with Gasteiger partial charge in [-0.2, -0.15) is 0 Å². The average molecular weight is 200 g/mol. The molecule has 0 radical (unpaired) electrons. The van der Waals surface area contributed by atoms with Gasteiger partial charge in [0.05, 0.1) is 18.7 Å². The molecule has 4 nitrogen and oxygen atoms in total. The standard InChI is InChI=1S/C10H20N2O2/c1-3-4-9(11)10(13)12(2)8-5-6-14-7-8/h8-9H,3-7,11H2,1-2H3. The van der Waals surface area contributed by atoms with Gasteiger partial charge in [0.15, 0.2) is 0 Å². The van der Waals surface area contributed by atoms with Crippen molar-refractivity contribution in [2.24, 2.45) is 5.73 Å². The zero-order valence-corrected chi connectivity index (χ0v) is 9.03. The SMILES string of the molecule is CCCC(N)C(=O)N(C)C1CCOC1. The van der Waals surface area contributed by atoms with Crippen LogP contribution >= 0.6 is 0 Å². The highest BCUT2D eigenvalue weighted by atomic mass is 16.5. The van der Waals surface area contributed by atoms with E-state index in [0.717, 1.165) is 25.9 Å². The summed E-state index contributed by atoms with van der Waals surface area (Å²) in [4.78, 5) is 13.5. The molecule has 1 rings (SSSR count). The summed E-state index contributed by atoms with van der Waals surface area (Å²) in [7, 11) is 1.82. The maximum Gasteiger partial charge on any atom is 0.239 e. The van der Waals surface area contributed by atoms with Crippen molar-refractivity contribution in [2.75, 3.05) is 20.3 Å². The molecule has 14 heavy (non-hydrogen) atoms. The minimum Gasteiger partial charge on any atom is -0.379 e. The van der Waals surface area contributed by atoms with Crippen LogP contribution in [0.1, 0.15) is 26.2 Å². The fraction of sp³-hybridized carbons (Fsp3) is 0.900. The molecule has 0 aliphatic carbocycles. The molecule has 1 fully saturated rings. The van der Waals surface area contributed by atoms with Crippen LogP contribution in [0.4, 0.5) is 0 Å². The number of hydrogen-bond acceptors (Lipinski definition) is 3. The van der Waals surface area contributed by atoms with E-state index in [9.17, 15) is 4.79 Å². The van der Waals surface area contributed by atoms with E-state index < -0.39 is 0 Å². The highest BCUT2D eigenvalue weighted by Crippen LogP contribution is 2.12. The Morgan fingerprint density at radius 1 is 1.71 bits per heavy atom. The third-order valence-corrected chi connectivity index (χ3v) is 2.72. The number of carbonyl (C=O) groups is 1. The zero-order valence-electron chi connectivity index (χ0n) is 9.03. The van der Waals surface area contributed by atoms with Gasteiger partial charge in [0.25, 0.3) is 0 Å². The summed E-state index contributed by atoms with van der Waals surface area (Å²) >= 11 is 0. The number of amides is 1. The van der Waals surface area contributed by atoms with Crippen LogP contribution in [-0.4, -0.2) is 43.2 Å². The zero-order chi connectivity index (χ0) is 10.6. The molecule has 1 aliphatic heterocycles. The summed E-state index contributed by atoms with van der Waals surface area (Å²) < 4.78 is 5.23. The van der Waals surface area contributed by atoms with Crippen LogP contribution in [0.5, 0.6) is 0 Å². The van der Waals surface area contributed by atoms with Crippen LogP contribution in [0.25, 0.3) is 0 Å². The Balaban J connectivity index is 2.42. The van der Waals surface area contributed by atoms with E-state index in [1.807, 2.05) is 14.0 Å². The Morgan fingerprint density at radius 3 is 2.93 bits per heavy atom. The van der Waals surface area contributed by atoms with Crippen molar-refractivity contribution in [1.82, 2.24) is 4.90 Å². The van der Waals surface area contributed by atoms with Crippen molar-refractivity contribution >= 4 is 5.91 Å². The van der Waals surface area contributed by atoms with Gasteiger partial charge in [-0.15, -0.1) is 0 Å². The first-order valence-electron chi connectivity index (χ1n) is 5.26. The Kier molecular flexibility index (Phi) is 4.35. The predicted molar refractivity (Wildman–Crippen MR) is 54.9 cm³/mol. The minimum atomic E-state index is -0.342. The molecular weight excluding hydrogens is 180 g/mol. The van der Waals surface area contributed by atoms with Gasteiger partial charge in [-0.05, 0) is 12.8 Å². The Labute approximate surface area is 85.4 Å². The lowest BCUT2D eigenvalue weighted by atomic mass is 10.1. The van der Waals surface area contributed by atoms with Crippen molar-refractivity contribution in [3.05, 3.63) is 0 Å². The highest BCUT2D eigenvalue weighted by Gasteiger charge is 2.26. The smallest absolute Gasteiger partial charge is 0.239 e. The van der Waals surface area contributed by atoms with Crippen molar-refractivity contribution in [3.8, 4) is 0 Å². The van der Waals surface area contributed by atoms with E-state index in [1.54, 1.807) is 4.90 Å². The van der Waals surface area contributed by atoms with Gasteiger partial charge >= 0.3 is 0 Å². The normalized spacial score (nSPS) is 23.5. The van der Waals surface area contributed by atoms with E-state index >= 15 is 0 Å². The van der Waals surface area contributed by atoms with Gasteiger partial charge < -0.3 is 15.4 Å². The summed E-state index contributed by atoms with van der Waals surface area (Å²) in [6, 6.07) is -0.115. The number of hydrogen-bond donors (Lipinski definition) is 1. The first-order valence-corrected chi connectivity index (χ1v) is 5.26. The highest BCUT2D eigenvalue weighted by molar-refractivity contribution is 5.81. The molecular formula is C10H20N2O2. The Bertz CT molecular complexity index is 191. The topological polar surface area (TPSA) is 55.6 Å². The van der Waals surface area contributed by atoms with Gasteiger partial charge in [-0.25, -0.2) is 0 Å². The number of nitrogens with zero attached hydrogens (tertiary/aromatic N) is 1. The van der Waals surface area contributed by atoms with E-state index in [0.29, 0.717) is 6.61 Å². The summed E-state index contributed by atoms with van der Waals surface area (Å²) in [6.45, 7) is 3.44. The molecule has 2 unspecified atom stereocenters. The van der Waals surface area contributed by atoms with E-state index in [1.165, 1.54) is 0 Å². The molecule has 1 heterocycles. The van der Waals surface area contributed by atoms with Gasteiger partial charge in [0, 0.05) is 13.7 Å². The third kappa shape index (κ3) is 2.69. The second-order valence-electron chi connectivity index (χ2n) is 3.86. The lowest BCUT2D eigenvalue weighted by molar-refractivity contribution is -0.133. The second-order valence-corrected chi connectivity index (χ2v) is 3.86. The molecule has 0 aromatic carbocycles. The first kappa shape index (κ1) is 11.5. The number of carbonyl (C=O) groups excluding carboxylic acids is 1. The molecule has 0 aromatic rings. The quantitative estimate of drug-likeness (QED) is 0.713. The Morgan fingerprint density at radius 2 is 2.43 bits per heavy atom. The molecule has 2 N–H and O–H groups in total. The summed E-state index contributed by atoms with van der Waals surface area (Å²) in [5.41, 5.74) is 5.76. The van der Waals surface area contributed by atoms with Crippen LogP contribution in [0.2, 0.25) is 0 Å². The molecule has 0 saturated carbocycles. The summed E-state index contributed by atoms with van der Waals surface area (Å²) in [5.74, 6) is 0.0438. The molecule has 1 aliphatic rings. The summed E-state index contributed by atoms with van der Waals surface area (Å²) in [5, 5.41) is 0. The van der Waals surface area contributed by atoms with Crippen LogP contribution < -0.4 is 5.73 Å². The number of nitrogens with two attached hydrogens (primary N) is 1. The maximum absolute atomic E-state index is 11.8. The van der Waals surface area contributed by atoms with Crippen molar-refractivity contribution in [2.45, 2.75) is 38.3 Å². The van der Waals surface area contributed by atoms with Crippen LogP contribution in [0.3, 0.4) is 0 Å². The molecule has 4 heteroatoms. The van der Waals surface area contributed by atoms with Crippen molar-refractivity contribution < 1.29 is 9.53 Å². The van der Waals surface area contributed by atoms with Gasteiger partial charge in [0.1, 0.15) is 0 Å². The largest absolute Gasteiger partial charge is 0.379 e. The van der Waals surface area contributed by atoms with E-state index in [4.69, 9.17) is 10.5 Å². The average Bonchev–Trinajstić information content (AvgIpc) is 2.68. The van der Waals surface area contributed by atoms with Crippen LogP contribution in [-0.2, 0) is 9.53 Å². The lowest BCUT2D eigenvalue weighted by Gasteiger charge is -2.26.